The van der Waals surface area contributed by atoms with Gasteiger partial charge in [-0.25, -0.2) is 4.68 Å². The van der Waals surface area contributed by atoms with Crippen LogP contribution in [0.15, 0.2) is 29.4 Å². The smallest absolute Gasteiger partial charge is 0.233 e. The topological polar surface area (TPSA) is 89.5 Å². The molecule has 1 aliphatic carbocycles. The zero-order valence-corrected chi connectivity index (χ0v) is 16.2. The molecule has 0 bridgehead atoms. The Bertz CT molecular complexity index is 797. The Morgan fingerprint density at radius 3 is 2.52 bits per heavy atom. The summed E-state index contributed by atoms with van der Waals surface area (Å²) in [6.07, 6.45) is 2.24. The van der Waals surface area contributed by atoms with Gasteiger partial charge in [0.15, 0.2) is 5.82 Å². The van der Waals surface area contributed by atoms with E-state index in [1.165, 1.54) is 16.4 Å². The third-order valence-corrected chi connectivity index (χ3v) is 5.96. The zero-order valence-electron chi connectivity index (χ0n) is 15.4. The number of benzene rings is 1. The lowest BCUT2D eigenvalue weighted by Crippen LogP contribution is -2.49. The number of anilines is 1. The van der Waals surface area contributed by atoms with Crippen molar-refractivity contribution in [1.82, 2.24) is 19.8 Å². The summed E-state index contributed by atoms with van der Waals surface area (Å²) in [6.45, 7) is 3.07. The quantitative estimate of drug-likeness (QED) is 0.590. The summed E-state index contributed by atoms with van der Waals surface area (Å²) in [7, 11) is 1.66. The van der Waals surface area contributed by atoms with Crippen LogP contribution in [0.2, 0.25) is 0 Å². The van der Waals surface area contributed by atoms with E-state index in [1.54, 1.807) is 7.11 Å². The second-order valence-corrected chi connectivity index (χ2v) is 7.78. The lowest BCUT2D eigenvalue weighted by Gasteiger charge is -2.36. The summed E-state index contributed by atoms with van der Waals surface area (Å²) in [5.74, 6) is 8.62. The molecular weight excluding hydrogens is 364 g/mol. The molecule has 0 atom stereocenters. The number of ether oxygens (including phenoxy) is 1. The fourth-order valence-corrected chi connectivity index (χ4v) is 4.00. The van der Waals surface area contributed by atoms with Gasteiger partial charge in [0.1, 0.15) is 5.75 Å². The maximum Gasteiger partial charge on any atom is 0.233 e. The molecule has 27 heavy (non-hydrogen) atoms. The van der Waals surface area contributed by atoms with E-state index < -0.39 is 0 Å². The molecule has 1 aromatic carbocycles. The summed E-state index contributed by atoms with van der Waals surface area (Å²) in [5.41, 5.74) is 1.15. The van der Waals surface area contributed by atoms with Crippen LogP contribution in [-0.4, -0.2) is 64.7 Å². The molecular formula is C18H24N6O2S. The van der Waals surface area contributed by atoms with Gasteiger partial charge in [-0.3, -0.25) is 4.79 Å². The van der Waals surface area contributed by atoms with Crippen LogP contribution in [0.5, 0.6) is 5.75 Å². The first-order valence-corrected chi connectivity index (χ1v) is 10.1. The van der Waals surface area contributed by atoms with E-state index in [-0.39, 0.29) is 5.91 Å². The van der Waals surface area contributed by atoms with Crippen LogP contribution in [0.1, 0.15) is 24.6 Å². The number of piperazine rings is 1. The van der Waals surface area contributed by atoms with Crippen LogP contribution in [0, 0.1) is 0 Å². The average molecular weight is 388 g/mol. The molecule has 1 aromatic heterocycles. The number of thioether (sulfide) groups is 1. The van der Waals surface area contributed by atoms with Gasteiger partial charge in [-0.15, -0.1) is 10.2 Å². The molecule has 9 heteroatoms. The minimum absolute atomic E-state index is 0.116. The van der Waals surface area contributed by atoms with Gasteiger partial charge in [0.25, 0.3) is 0 Å². The highest BCUT2D eigenvalue weighted by molar-refractivity contribution is 7.99. The van der Waals surface area contributed by atoms with Crippen LogP contribution in [0.25, 0.3) is 0 Å². The molecule has 2 aliphatic rings. The van der Waals surface area contributed by atoms with Gasteiger partial charge in [0.2, 0.25) is 11.1 Å². The van der Waals surface area contributed by atoms with E-state index in [1.807, 2.05) is 17.0 Å². The van der Waals surface area contributed by atoms with Crippen LogP contribution in [0.4, 0.5) is 5.69 Å². The van der Waals surface area contributed by atoms with Crippen molar-refractivity contribution >= 4 is 23.4 Å². The van der Waals surface area contributed by atoms with E-state index in [0.29, 0.717) is 29.9 Å². The van der Waals surface area contributed by atoms with Crippen molar-refractivity contribution in [3.63, 3.8) is 0 Å². The van der Waals surface area contributed by atoms with Gasteiger partial charge < -0.3 is 20.4 Å². The molecule has 2 heterocycles. The summed E-state index contributed by atoms with van der Waals surface area (Å²) < 4.78 is 6.74. The first-order valence-electron chi connectivity index (χ1n) is 9.15. The molecule has 1 saturated heterocycles. The molecule has 2 aromatic rings. The first-order chi connectivity index (χ1) is 13.2. The Hall–Kier alpha value is -2.42. The number of nitrogen functional groups attached to an aromatic ring is 1. The van der Waals surface area contributed by atoms with E-state index in [0.717, 1.165) is 43.2 Å². The van der Waals surface area contributed by atoms with Gasteiger partial charge in [0.05, 0.1) is 12.9 Å². The van der Waals surface area contributed by atoms with Crippen molar-refractivity contribution in [1.29, 1.82) is 0 Å². The lowest BCUT2D eigenvalue weighted by molar-refractivity contribution is -0.128. The molecule has 0 spiro atoms. The Balaban J connectivity index is 1.27. The highest BCUT2D eigenvalue weighted by atomic mass is 32.2. The number of nitrogens with two attached hydrogens (primary N) is 1. The second kappa shape index (κ2) is 7.67. The van der Waals surface area contributed by atoms with Crippen LogP contribution in [-0.2, 0) is 4.79 Å². The summed E-state index contributed by atoms with van der Waals surface area (Å²) in [4.78, 5) is 16.7. The average Bonchev–Trinajstić information content (AvgIpc) is 3.49. The van der Waals surface area contributed by atoms with E-state index >= 15 is 0 Å². The number of carbonyl (C=O) groups is 1. The van der Waals surface area contributed by atoms with Crippen molar-refractivity contribution in [2.75, 3.05) is 49.8 Å². The fourth-order valence-electron chi connectivity index (χ4n) is 3.23. The molecule has 0 radical (unpaired) electrons. The number of nitrogens with zero attached hydrogens (tertiary/aromatic N) is 5. The van der Waals surface area contributed by atoms with Gasteiger partial charge >= 0.3 is 0 Å². The summed E-state index contributed by atoms with van der Waals surface area (Å²) in [6, 6.07) is 8.03. The van der Waals surface area contributed by atoms with E-state index in [2.05, 4.69) is 27.2 Å². The molecule has 1 amide bonds. The predicted octanol–water partition coefficient (Wildman–Crippen LogP) is 1.32. The summed E-state index contributed by atoms with van der Waals surface area (Å²) >= 11 is 1.36. The largest absolute Gasteiger partial charge is 0.497 e. The van der Waals surface area contributed by atoms with Gasteiger partial charge in [-0.2, -0.15) is 0 Å². The number of aromatic nitrogens is 3. The Labute approximate surface area is 162 Å². The van der Waals surface area contributed by atoms with E-state index in [4.69, 9.17) is 10.6 Å². The van der Waals surface area contributed by atoms with Crippen molar-refractivity contribution in [2.24, 2.45) is 0 Å². The number of amides is 1. The predicted molar refractivity (Wildman–Crippen MR) is 105 cm³/mol. The van der Waals surface area contributed by atoms with Gasteiger partial charge in [-0.05, 0) is 37.1 Å². The number of hydrogen-bond acceptors (Lipinski definition) is 7. The fraction of sp³-hybridized carbons (Fsp3) is 0.500. The Morgan fingerprint density at radius 2 is 1.89 bits per heavy atom. The number of hydrogen-bond donors (Lipinski definition) is 1. The molecule has 4 rings (SSSR count). The minimum Gasteiger partial charge on any atom is -0.497 e. The molecule has 1 aliphatic heterocycles. The number of methoxy groups -OCH3 is 1. The van der Waals surface area contributed by atoms with Crippen LogP contribution >= 0.6 is 11.8 Å². The molecule has 2 N–H and O–H groups in total. The maximum atomic E-state index is 12.5. The molecule has 0 unspecified atom stereocenters. The van der Waals surface area contributed by atoms with Crippen LogP contribution < -0.4 is 15.5 Å². The van der Waals surface area contributed by atoms with Crippen molar-refractivity contribution < 1.29 is 9.53 Å². The highest BCUT2D eigenvalue weighted by Gasteiger charge is 2.30. The molecule has 2 fully saturated rings. The zero-order chi connectivity index (χ0) is 18.8. The molecule has 1 saturated carbocycles. The Kier molecular flexibility index (Phi) is 5.11. The minimum atomic E-state index is 0.116. The maximum absolute atomic E-state index is 12.5. The van der Waals surface area contributed by atoms with Crippen LogP contribution in [0.3, 0.4) is 0 Å². The summed E-state index contributed by atoms with van der Waals surface area (Å²) in [5, 5.41) is 8.89. The standard InChI is InChI=1S/C18H24N6O2S/c1-26-15-6-4-14(5-7-15)22-8-10-23(11-9-22)16(25)12-27-18-21-20-17(24(18)19)13-2-3-13/h4-7,13H,2-3,8-12,19H2,1H3. The third-order valence-electron chi connectivity index (χ3n) is 5.03. The van der Waals surface area contributed by atoms with Gasteiger partial charge in [0, 0.05) is 37.8 Å². The molecule has 8 nitrogen and oxygen atoms in total. The number of carbonyl (C=O) groups excluding carboxylic acids is 1. The van der Waals surface area contributed by atoms with Gasteiger partial charge in [-0.1, -0.05) is 11.8 Å². The molecule has 144 valence electrons. The normalized spacial score (nSPS) is 17.2. The lowest BCUT2D eigenvalue weighted by atomic mass is 10.2. The SMILES string of the molecule is COc1ccc(N2CCN(C(=O)CSc3nnc(C4CC4)n3N)CC2)cc1. The highest BCUT2D eigenvalue weighted by Crippen LogP contribution is 2.39. The second-order valence-electron chi connectivity index (χ2n) is 6.84. The van der Waals surface area contributed by atoms with E-state index in [9.17, 15) is 4.79 Å². The van der Waals surface area contributed by atoms with Crippen molar-refractivity contribution in [3.8, 4) is 5.75 Å². The first kappa shape index (κ1) is 18.0. The van der Waals surface area contributed by atoms with Crippen molar-refractivity contribution in [3.05, 3.63) is 30.1 Å². The number of rotatable bonds is 6. The Morgan fingerprint density at radius 1 is 1.19 bits per heavy atom. The monoisotopic (exact) mass is 388 g/mol. The third kappa shape index (κ3) is 3.97. The van der Waals surface area contributed by atoms with Crippen molar-refractivity contribution in [2.45, 2.75) is 23.9 Å².